The van der Waals surface area contributed by atoms with Crippen LogP contribution >= 0.6 is 28.3 Å². The molecule has 6 heteroatoms. The minimum atomic E-state index is -0.402. The molecule has 0 atom stereocenters. The van der Waals surface area contributed by atoms with Crippen molar-refractivity contribution in [2.45, 2.75) is 19.4 Å². The molecule has 1 aromatic rings. The van der Waals surface area contributed by atoms with Gasteiger partial charge >= 0.3 is 0 Å². The molecule has 0 saturated heterocycles. The number of halogens is 2. The molecule has 0 aliphatic heterocycles. The van der Waals surface area contributed by atoms with Gasteiger partial charge in [-0.3, -0.25) is 4.79 Å². The highest BCUT2D eigenvalue weighted by atomic mass is 79.9. The zero-order chi connectivity index (χ0) is 10.8. The van der Waals surface area contributed by atoms with E-state index in [-0.39, 0.29) is 18.3 Å². The summed E-state index contributed by atoms with van der Waals surface area (Å²) >= 11 is 3.13. The monoisotopic (exact) mass is 296 g/mol. The summed E-state index contributed by atoms with van der Waals surface area (Å²) in [4.78, 5) is 11.6. The molecule has 1 rings (SSSR count). The molecular weight excluding hydrogens is 283 g/mol. The SMILES string of the molecule is CC(C)(CN)NC(=O)c1coc(Br)c1.Cl. The second-order valence-electron chi connectivity index (χ2n) is 3.68. The van der Waals surface area contributed by atoms with Crippen LogP contribution in [0.1, 0.15) is 24.2 Å². The lowest BCUT2D eigenvalue weighted by molar-refractivity contribution is 0.0915. The Kier molecular flexibility index (Phi) is 5.34. The van der Waals surface area contributed by atoms with Gasteiger partial charge in [-0.2, -0.15) is 0 Å². The lowest BCUT2D eigenvalue weighted by Gasteiger charge is -2.23. The van der Waals surface area contributed by atoms with Crippen molar-refractivity contribution in [1.82, 2.24) is 5.32 Å². The van der Waals surface area contributed by atoms with Crippen molar-refractivity contribution in [2.24, 2.45) is 5.73 Å². The highest BCUT2D eigenvalue weighted by Crippen LogP contribution is 2.14. The zero-order valence-corrected chi connectivity index (χ0v) is 10.9. The molecule has 0 unspecified atom stereocenters. The van der Waals surface area contributed by atoms with Crippen molar-refractivity contribution in [3.8, 4) is 0 Å². The van der Waals surface area contributed by atoms with E-state index >= 15 is 0 Å². The van der Waals surface area contributed by atoms with Gasteiger partial charge in [0, 0.05) is 18.2 Å². The van der Waals surface area contributed by atoms with E-state index in [1.54, 1.807) is 6.07 Å². The van der Waals surface area contributed by atoms with E-state index in [4.69, 9.17) is 10.2 Å². The maximum atomic E-state index is 11.6. The van der Waals surface area contributed by atoms with Crippen LogP contribution < -0.4 is 11.1 Å². The van der Waals surface area contributed by atoms with Crippen LogP contribution in [0.15, 0.2) is 21.4 Å². The maximum Gasteiger partial charge on any atom is 0.255 e. The van der Waals surface area contributed by atoms with Gasteiger partial charge in [-0.15, -0.1) is 12.4 Å². The van der Waals surface area contributed by atoms with Crippen LogP contribution in [0.4, 0.5) is 0 Å². The summed E-state index contributed by atoms with van der Waals surface area (Å²) in [6.45, 7) is 4.11. The summed E-state index contributed by atoms with van der Waals surface area (Å²) in [6, 6.07) is 1.61. The minimum absolute atomic E-state index is 0. The summed E-state index contributed by atoms with van der Waals surface area (Å²) in [5.41, 5.74) is 5.57. The molecule has 4 nitrogen and oxygen atoms in total. The number of nitrogens with one attached hydrogen (secondary N) is 1. The summed E-state index contributed by atoms with van der Waals surface area (Å²) < 4.78 is 5.49. The van der Waals surface area contributed by atoms with Gasteiger partial charge < -0.3 is 15.5 Å². The average Bonchev–Trinajstić information content (AvgIpc) is 2.51. The van der Waals surface area contributed by atoms with Crippen LogP contribution in [0.5, 0.6) is 0 Å². The molecule has 3 N–H and O–H groups in total. The number of rotatable bonds is 3. The molecule has 0 fully saturated rings. The lowest BCUT2D eigenvalue weighted by Crippen LogP contribution is -2.48. The van der Waals surface area contributed by atoms with Crippen LogP contribution in [0.3, 0.4) is 0 Å². The Balaban J connectivity index is 0.00000196. The third kappa shape index (κ3) is 4.24. The number of carbonyl (C=O) groups is 1. The first-order valence-electron chi connectivity index (χ1n) is 4.21. The van der Waals surface area contributed by atoms with Gasteiger partial charge in [0.1, 0.15) is 6.26 Å². The Hall–Kier alpha value is -0.520. The number of nitrogens with two attached hydrogens (primary N) is 1. The minimum Gasteiger partial charge on any atom is -0.457 e. The number of furan rings is 1. The van der Waals surface area contributed by atoms with Gasteiger partial charge in [-0.1, -0.05) is 0 Å². The molecule has 0 aromatic carbocycles. The topological polar surface area (TPSA) is 68.3 Å². The van der Waals surface area contributed by atoms with E-state index in [0.29, 0.717) is 16.8 Å². The summed E-state index contributed by atoms with van der Waals surface area (Å²) in [5, 5.41) is 2.79. The predicted molar refractivity (Wildman–Crippen MR) is 64.3 cm³/mol. The van der Waals surface area contributed by atoms with Crippen LogP contribution in [0.25, 0.3) is 0 Å². The molecule has 0 radical (unpaired) electrons. The van der Waals surface area contributed by atoms with Crippen molar-refractivity contribution in [3.05, 3.63) is 22.6 Å². The number of amides is 1. The summed E-state index contributed by atoms with van der Waals surface area (Å²) in [6.07, 6.45) is 1.39. The molecular formula is C9H14BrClN2O2. The Morgan fingerprint density at radius 1 is 1.67 bits per heavy atom. The first-order valence-corrected chi connectivity index (χ1v) is 5.00. The summed E-state index contributed by atoms with van der Waals surface area (Å²) in [7, 11) is 0. The van der Waals surface area contributed by atoms with Crippen LogP contribution in [-0.2, 0) is 0 Å². The first-order chi connectivity index (χ1) is 6.44. The quantitative estimate of drug-likeness (QED) is 0.896. The Morgan fingerprint density at radius 2 is 2.27 bits per heavy atom. The van der Waals surface area contributed by atoms with E-state index < -0.39 is 5.54 Å². The second-order valence-corrected chi connectivity index (χ2v) is 4.46. The van der Waals surface area contributed by atoms with E-state index in [2.05, 4.69) is 21.2 Å². The van der Waals surface area contributed by atoms with Crippen LogP contribution in [-0.4, -0.2) is 18.0 Å². The van der Waals surface area contributed by atoms with Crippen LogP contribution in [0, 0.1) is 0 Å². The largest absolute Gasteiger partial charge is 0.457 e. The first kappa shape index (κ1) is 14.5. The van der Waals surface area contributed by atoms with Crippen molar-refractivity contribution in [1.29, 1.82) is 0 Å². The molecule has 86 valence electrons. The number of hydrogen-bond donors (Lipinski definition) is 2. The molecule has 0 spiro atoms. The maximum absolute atomic E-state index is 11.6. The normalized spacial score (nSPS) is 10.7. The average molecular weight is 298 g/mol. The Bertz CT molecular complexity index is 339. The molecule has 1 amide bonds. The van der Waals surface area contributed by atoms with Gasteiger partial charge in [-0.05, 0) is 29.8 Å². The molecule has 0 saturated carbocycles. The van der Waals surface area contributed by atoms with Gasteiger partial charge in [0.15, 0.2) is 4.67 Å². The van der Waals surface area contributed by atoms with E-state index in [0.717, 1.165) is 0 Å². The predicted octanol–water partition coefficient (Wildman–Crippen LogP) is 1.93. The van der Waals surface area contributed by atoms with Gasteiger partial charge in [0.05, 0.1) is 5.56 Å². The fourth-order valence-electron chi connectivity index (χ4n) is 0.860. The highest BCUT2D eigenvalue weighted by Gasteiger charge is 2.20. The molecule has 15 heavy (non-hydrogen) atoms. The molecule has 0 bridgehead atoms. The van der Waals surface area contributed by atoms with E-state index in [1.165, 1.54) is 6.26 Å². The second kappa shape index (κ2) is 5.53. The smallest absolute Gasteiger partial charge is 0.255 e. The lowest BCUT2D eigenvalue weighted by atomic mass is 10.1. The highest BCUT2D eigenvalue weighted by molar-refractivity contribution is 9.10. The van der Waals surface area contributed by atoms with Gasteiger partial charge in [0.25, 0.3) is 5.91 Å². The van der Waals surface area contributed by atoms with Gasteiger partial charge in [-0.25, -0.2) is 0 Å². The Labute approximate surface area is 103 Å². The van der Waals surface area contributed by atoms with Crippen LogP contribution in [0.2, 0.25) is 0 Å². The third-order valence-corrected chi connectivity index (χ3v) is 2.21. The van der Waals surface area contributed by atoms with Crippen molar-refractivity contribution in [2.75, 3.05) is 6.54 Å². The van der Waals surface area contributed by atoms with Crippen molar-refractivity contribution in [3.63, 3.8) is 0 Å². The third-order valence-electron chi connectivity index (χ3n) is 1.79. The zero-order valence-electron chi connectivity index (χ0n) is 8.54. The van der Waals surface area contributed by atoms with Gasteiger partial charge in [0.2, 0.25) is 0 Å². The Morgan fingerprint density at radius 3 is 2.67 bits per heavy atom. The van der Waals surface area contributed by atoms with E-state index in [9.17, 15) is 4.79 Å². The van der Waals surface area contributed by atoms with Crippen molar-refractivity contribution >= 4 is 34.2 Å². The molecule has 0 aliphatic carbocycles. The van der Waals surface area contributed by atoms with E-state index in [1.807, 2.05) is 13.8 Å². The fourth-order valence-corrected chi connectivity index (χ4v) is 1.20. The number of carbonyl (C=O) groups excluding carboxylic acids is 1. The van der Waals surface area contributed by atoms with Crippen molar-refractivity contribution < 1.29 is 9.21 Å². The standard InChI is InChI=1S/C9H13BrN2O2.ClH/c1-9(2,5-11)12-8(13)6-3-7(10)14-4-6;/h3-4H,5,11H2,1-2H3,(H,12,13);1H. The molecule has 1 aromatic heterocycles. The number of hydrogen-bond acceptors (Lipinski definition) is 3. The molecule has 1 heterocycles. The summed E-state index contributed by atoms with van der Waals surface area (Å²) in [5.74, 6) is -0.185. The molecule has 0 aliphatic rings. The fraction of sp³-hybridized carbons (Fsp3) is 0.444.